The normalized spacial score (nSPS) is 22.1. The number of hydrogen-bond acceptors (Lipinski definition) is 2. The molecule has 0 spiro atoms. The van der Waals surface area contributed by atoms with Gasteiger partial charge in [0, 0.05) is 25.5 Å². The van der Waals surface area contributed by atoms with Gasteiger partial charge < -0.3 is 15.0 Å². The molecule has 0 bridgehead atoms. The van der Waals surface area contributed by atoms with Crippen LogP contribution in [0.4, 0.5) is 0 Å². The van der Waals surface area contributed by atoms with E-state index in [9.17, 15) is 0 Å². The molecule has 2 aromatic rings. The highest BCUT2D eigenvalue weighted by Gasteiger charge is 2.33. The van der Waals surface area contributed by atoms with Gasteiger partial charge in [-0.25, -0.2) is 4.98 Å². The summed E-state index contributed by atoms with van der Waals surface area (Å²) in [6.45, 7) is 2.87. The molecule has 0 amide bonds. The number of nitrogens with zero attached hydrogens (tertiary/aromatic N) is 3. The molecular weight excluding hydrogens is 274 g/mol. The lowest BCUT2D eigenvalue weighted by Gasteiger charge is -2.09. The van der Waals surface area contributed by atoms with E-state index < -0.39 is 0 Å². The number of fused-ring (bicyclic) bond motifs is 1. The molecule has 2 unspecified atom stereocenters. The van der Waals surface area contributed by atoms with E-state index in [1.165, 1.54) is 6.42 Å². The minimum absolute atomic E-state index is 0.557. The van der Waals surface area contributed by atoms with E-state index in [-0.39, 0.29) is 0 Å². The number of hydrogen-bond donors (Lipinski definition) is 2. The lowest BCUT2D eigenvalue weighted by molar-refractivity contribution is 0.758. The monoisotopic (exact) mass is 291 g/mol. The Hall–Kier alpha value is -1.75. The SMILES string of the molecule is CN=C(NCc1cn2cc(Cl)ccc2n1)NC1CC1C. The Morgan fingerprint density at radius 2 is 2.30 bits per heavy atom. The fourth-order valence-electron chi connectivity index (χ4n) is 2.17. The topological polar surface area (TPSA) is 53.7 Å². The highest BCUT2D eigenvalue weighted by molar-refractivity contribution is 6.30. The fourth-order valence-corrected chi connectivity index (χ4v) is 2.34. The lowest BCUT2D eigenvalue weighted by Crippen LogP contribution is -2.38. The maximum atomic E-state index is 5.96. The van der Waals surface area contributed by atoms with Crippen molar-refractivity contribution in [2.75, 3.05) is 7.05 Å². The highest BCUT2D eigenvalue weighted by atomic mass is 35.5. The van der Waals surface area contributed by atoms with Crippen molar-refractivity contribution in [3.05, 3.63) is 35.2 Å². The van der Waals surface area contributed by atoms with Gasteiger partial charge in [0.05, 0.1) is 17.3 Å². The number of guanidine groups is 1. The first kappa shape index (κ1) is 13.2. The fraction of sp³-hybridized carbons (Fsp3) is 0.429. The van der Waals surface area contributed by atoms with Gasteiger partial charge in [-0.05, 0) is 24.5 Å². The smallest absolute Gasteiger partial charge is 0.191 e. The molecule has 1 saturated carbocycles. The Bertz CT molecular complexity index is 648. The molecule has 106 valence electrons. The first-order chi connectivity index (χ1) is 9.65. The van der Waals surface area contributed by atoms with Crippen LogP contribution in [-0.4, -0.2) is 28.4 Å². The van der Waals surface area contributed by atoms with E-state index in [1.807, 2.05) is 28.9 Å². The van der Waals surface area contributed by atoms with Crippen LogP contribution in [0.15, 0.2) is 29.5 Å². The van der Waals surface area contributed by atoms with Crippen molar-refractivity contribution < 1.29 is 0 Å². The Morgan fingerprint density at radius 3 is 3.00 bits per heavy atom. The maximum absolute atomic E-state index is 5.96. The van der Waals surface area contributed by atoms with Crippen LogP contribution in [0.1, 0.15) is 19.0 Å². The summed E-state index contributed by atoms with van der Waals surface area (Å²) in [5.74, 6) is 1.57. The molecular formula is C14H18ClN5. The van der Waals surface area contributed by atoms with E-state index in [4.69, 9.17) is 11.6 Å². The Morgan fingerprint density at radius 1 is 1.50 bits per heavy atom. The van der Waals surface area contributed by atoms with E-state index in [1.54, 1.807) is 7.05 Å². The standard InChI is InChI=1S/C14H18ClN5/c1-9-5-12(9)19-14(16-2)17-6-11-8-20-7-10(15)3-4-13(20)18-11/h3-4,7-9,12H,5-6H2,1-2H3,(H2,16,17,19). The van der Waals surface area contributed by atoms with Crippen LogP contribution < -0.4 is 10.6 Å². The van der Waals surface area contributed by atoms with Gasteiger partial charge in [-0.1, -0.05) is 18.5 Å². The maximum Gasteiger partial charge on any atom is 0.191 e. The summed E-state index contributed by atoms with van der Waals surface area (Å²) in [6, 6.07) is 4.31. The molecule has 2 aromatic heterocycles. The molecule has 2 N–H and O–H groups in total. The number of halogens is 1. The summed E-state index contributed by atoms with van der Waals surface area (Å²) in [6.07, 6.45) is 5.04. The molecule has 3 rings (SSSR count). The van der Waals surface area contributed by atoms with Crippen molar-refractivity contribution in [2.24, 2.45) is 10.9 Å². The summed E-state index contributed by atoms with van der Waals surface area (Å²) >= 11 is 5.96. The van der Waals surface area contributed by atoms with Crippen LogP contribution in [0.2, 0.25) is 5.02 Å². The van der Waals surface area contributed by atoms with E-state index >= 15 is 0 Å². The Kier molecular flexibility index (Phi) is 3.53. The van der Waals surface area contributed by atoms with Gasteiger partial charge >= 0.3 is 0 Å². The third-order valence-electron chi connectivity index (χ3n) is 3.56. The average molecular weight is 292 g/mol. The number of nitrogens with one attached hydrogen (secondary N) is 2. The molecule has 2 heterocycles. The zero-order valence-electron chi connectivity index (χ0n) is 11.6. The van der Waals surface area contributed by atoms with E-state index in [0.717, 1.165) is 23.2 Å². The van der Waals surface area contributed by atoms with Gasteiger partial charge in [-0.15, -0.1) is 0 Å². The Balaban J connectivity index is 1.63. The van der Waals surface area contributed by atoms with E-state index in [2.05, 4.69) is 27.5 Å². The molecule has 6 heteroatoms. The van der Waals surface area contributed by atoms with Crippen LogP contribution >= 0.6 is 11.6 Å². The minimum atomic E-state index is 0.557. The molecule has 0 radical (unpaired) electrons. The first-order valence-electron chi connectivity index (χ1n) is 6.76. The van der Waals surface area contributed by atoms with Crippen molar-refractivity contribution in [3.63, 3.8) is 0 Å². The minimum Gasteiger partial charge on any atom is -0.353 e. The van der Waals surface area contributed by atoms with Gasteiger partial charge in [0.2, 0.25) is 0 Å². The van der Waals surface area contributed by atoms with Gasteiger partial charge in [0.25, 0.3) is 0 Å². The van der Waals surface area contributed by atoms with Crippen molar-refractivity contribution >= 4 is 23.2 Å². The molecule has 1 fully saturated rings. The summed E-state index contributed by atoms with van der Waals surface area (Å²) in [7, 11) is 1.78. The van der Waals surface area contributed by atoms with Crippen LogP contribution in [0.3, 0.4) is 0 Å². The molecule has 1 aliphatic rings. The first-order valence-corrected chi connectivity index (χ1v) is 7.14. The number of rotatable bonds is 3. The van der Waals surface area contributed by atoms with Crippen molar-refractivity contribution in [2.45, 2.75) is 25.9 Å². The number of imidazole rings is 1. The van der Waals surface area contributed by atoms with Gasteiger partial charge in [0.1, 0.15) is 5.65 Å². The zero-order valence-corrected chi connectivity index (χ0v) is 12.4. The predicted octanol–water partition coefficient (Wildman–Crippen LogP) is 2.06. The highest BCUT2D eigenvalue weighted by Crippen LogP contribution is 2.28. The molecule has 2 atom stereocenters. The molecule has 20 heavy (non-hydrogen) atoms. The van der Waals surface area contributed by atoms with Gasteiger partial charge in [-0.3, -0.25) is 4.99 Å². The van der Waals surface area contributed by atoms with Crippen molar-refractivity contribution in [1.82, 2.24) is 20.0 Å². The molecule has 0 saturated heterocycles. The van der Waals surface area contributed by atoms with Crippen LogP contribution in [0.25, 0.3) is 5.65 Å². The number of aliphatic imine (C=N–C) groups is 1. The second-order valence-corrected chi connectivity index (χ2v) is 5.67. The second kappa shape index (κ2) is 5.32. The molecule has 0 aromatic carbocycles. The predicted molar refractivity (Wildman–Crippen MR) is 81.1 cm³/mol. The van der Waals surface area contributed by atoms with Gasteiger partial charge in [-0.2, -0.15) is 0 Å². The quantitative estimate of drug-likeness (QED) is 0.672. The summed E-state index contributed by atoms with van der Waals surface area (Å²) in [5.41, 5.74) is 1.85. The molecule has 0 aliphatic heterocycles. The second-order valence-electron chi connectivity index (χ2n) is 5.23. The summed E-state index contributed by atoms with van der Waals surface area (Å²) in [5, 5.41) is 7.37. The summed E-state index contributed by atoms with van der Waals surface area (Å²) in [4.78, 5) is 8.75. The number of aromatic nitrogens is 2. The summed E-state index contributed by atoms with van der Waals surface area (Å²) < 4.78 is 1.93. The molecule has 5 nitrogen and oxygen atoms in total. The van der Waals surface area contributed by atoms with Crippen molar-refractivity contribution in [3.8, 4) is 0 Å². The Labute approximate surface area is 123 Å². The van der Waals surface area contributed by atoms with E-state index in [0.29, 0.717) is 17.6 Å². The lowest BCUT2D eigenvalue weighted by atomic mass is 10.4. The number of pyridine rings is 1. The van der Waals surface area contributed by atoms with Crippen LogP contribution in [0, 0.1) is 5.92 Å². The van der Waals surface area contributed by atoms with Crippen LogP contribution in [-0.2, 0) is 6.54 Å². The largest absolute Gasteiger partial charge is 0.353 e. The van der Waals surface area contributed by atoms with Crippen LogP contribution in [0.5, 0.6) is 0 Å². The van der Waals surface area contributed by atoms with Crippen molar-refractivity contribution in [1.29, 1.82) is 0 Å². The zero-order chi connectivity index (χ0) is 14.1. The van der Waals surface area contributed by atoms with Gasteiger partial charge in [0.15, 0.2) is 5.96 Å². The molecule has 1 aliphatic carbocycles. The third-order valence-corrected chi connectivity index (χ3v) is 3.78. The third kappa shape index (κ3) is 2.88. The average Bonchev–Trinajstić information content (AvgIpc) is 2.97.